The molecule has 8 heteroatoms. The van der Waals surface area contributed by atoms with Crippen LogP contribution in [0.15, 0.2) is 41.3 Å². The van der Waals surface area contributed by atoms with Crippen molar-refractivity contribution >= 4 is 63.2 Å². The van der Waals surface area contributed by atoms with Crippen molar-refractivity contribution < 1.29 is 19.1 Å². The average molecular weight is 554 g/mol. The van der Waals surface area contributed by atoms with E-state index in [1.54, 1.807) is 18.2 Å². The lowest BCUT2D eigenvalue weighted by molar-refractivity contribution is -0.122. The SMILES string of the molecule is C#CCN1C(=O)S/C(=C/c2cc(Cl)c(OCc3ccc(I)cc3)c(OCC)c2)C1=O. The smallest absolute Gasteiger partial charge is 0.294 e. The number of benzene rings is 2. The number of imide groups is 1. The standard InChI is InChI=1S/C22H17ClINO4S/c1-3-9-25-21(26)19(30-22(25)27)12-15-10-17(23)20(18(11-15)28-4-2)29-13-14-5-7-16(24)8-6-14/h1,5-8,10-12H,4,9,13H2,2H3/b19-12+. The summed E-state index contributed by atoms with van der Waals surface area (Å²) in [4.78, 5) is 25.7. The number of hydrogen-bond acceptors (Lipinski definition) is 5. The molecule has 2 aromatic rings. The van der Waals surface area contributed by atoms with Gasteiger partial charge in [0.1, 0.15) is 6.61 Å². The first-order valence-corrected chi connectivity index (χ1v) is 11.2. The highest BCUT2D eigenvalue weighted by Crippen LogP contribution is 2.39. The molecular formula is C22H17ClINO4S. The van der Waals surface area contributed by atoms with Crippen molar-refractivity contribution in [3.8, 4) is 23.8 Å². The third kappa shape index (κ3) is 5.31. The van der Waals surface area contributed by atoms with Crippen LogP contribution >= 0.6 is 46.0 Å². The zero-order valence-corrected chi connectivity index (χ0v) is 19.7. The predicted molar refractivity (Wildman–Crippen MR) is 128 cm³/mol. The first kappa shape index (κ1) is 22.5. The van der Waals surface area contributed by atoms with E-state index < -0.39 is 11.1 Å². The van der Waals surface area contributed by atoms with Crippen LogP contribution in [0, 0.1) is 15.9 Å². The summed E-state index contributed by atoms with van der Waals surface area (Å²) in [6.07, 6.45) is 6.82. The van der Waals surface area contributed by atoms with Crippen LogP contribution in [0.5, 0.6) is 11.5 Å². The number of amides is 2. The topological polar surface area (TPSA) is 55.8 Å². The lowest BCUT2D eigenvalue weighted by atomic mass is 10.1. The molecule has 2 aromatic carbocycles. The molecule has 3 rings (SSSR count). The van der Waals surface area contributed by atoms with Crippen LogP contribution in [0.25, 0.3) is 6.08 Å². The first-order chi connectivity index (χ1) is 14.4. The summed E-state index contributed by atoms with van der Waals surface area (Å²) in [6, 6.07) is 11.4. The molecule has 1 fully saturated rings. The molecule has 0 aliphatic carbocycles. The number of halogens is 2. The maximum absolute atomic E-state index is 12.4. The van der Waals surface area contributed by atoms with Gasteiger partial charge in [0, 0.05) is 3.57 Å². The maximum atomic E-state index is 12.4. The highest BCUT2D eigenvalue weighted by atomic mass is 127. The Balaban J connectivity index is 1.86. The Hall–Kier alpha value is -2.15. The van der Waals surface area contributed by atoms with Crippen LogP contribution in [0.2, 0.25) is 5.02 Å². The lowest BCUT2D eigenvalue weighted by Crippen LogP contribution is -2.28. The van der Waals surface area contributed by atoms with Crippen molar-refractivity contribution in [1.29, 1.82) is 0 Å². The minimum atomic E-state index is -0.420. The molecule has 154 valence electrons. The van der Waals surface area contributed by atoms with Gasteiger partial charge in [0.2, 0.25) is 0 Å². The van der Waals surface area contributed by atoms with E-state index >= 15 is 0 Å². The second kappa shape index (κ2) is 10.2. The van der Waals surface area contributed by atoms with Crippen molar-refractivity contribution in [3.63, 3.8) is 0 Å². The highest BCUT2D eigenvalue weighted by Gasteiger charge is 2.34. The van der Waals surface area contributed by atoms with Crippen molar-refractivity contribution in [2.24, 2.45) is 0 Å². The van der Waals surface area contributed by atoms with Gasteiger partial charge in [0.05, 0.1) is 23.1 Å². The Morgan fingerprint density at radius 2 is 1.97 bits per heavy atom. The van der Waals surface area contributed by atoms with Gasteiger partial charge in [-0.2, -0.15) is 0 Å². The molecule has 30 heavy (non-hydrogen) atoms. The average Bonchev–Trinajstić information content (AvgIpc) is 2.97. The van der Waals surface area contributed by atoms with Gasteiger partial charge in [-0.15, -0.1) is 6.42 Å². The van der Waals surface area contributed by atoms with E-state index in [0.29, 0.717) is 35.3 Å². The number of carbonyl (C=O) groups is 2. The molecule has 0 radical (unpaired) electrons. The Morgan fingerprint density at radius 3 is 2.63 bits per heavy atom. The van der Waals surface area contributed by atoms with Gasteiger partial charge in [-0.3, -0.25) is 14.5 Å². The van der Waals surface area contributed by atoms with Gasteiger partial charge < -0.3 is 9.47 Å². The number of ether oxygens (including phenoxy) is 2. The van der Waals surface area contributed by atoms with Crippen LogP contribution in [-0.4, -0.2) is 29.2 Å². The number of rotatable bonds is 7. The van der Waals surface area contributed by atoms with Crippen LogP contribution in [0.3, 0.4) is 0 Å². The van der Waals surface area contributed by atoms with Crippen molar-refractivity contribution in [2.75, 3.05) is 13.2 Å². The normalized spacial score (nSPS) is 14.9. The fraction of sp³-hybridized carbons (Fsp3) is 0.182. The van der Waals surface area contributed by atoms with Crippen molar-refractivity contribution in [2.45, 2.75) is 13.5 Å². The Labute approximate surface area is 197 Å². The number of nitrogens with zero attached hydrogens (tertiary/aromatic N) is 1. The number of carbonyl (C=O) groups excluding carboxylic acids is 2. The van der Waals surface area contributed by atoms with E-state index in [-0.39, 0.29) is 11.4 Å². The molecule has 1 aliphatic rings. The molecule has 2 amide bonds. The zero-order chi connectivity index (χ0) is 21.7. The quantitative estimate of drug-likeness (QED) is 0.254. The fourth-order valence-electron chi connectivity index (χ4n) is 2.69. The van der Waals surface area contributed by atoms with Gasteiger partial charge in [0.25, 0.3) is 11.1 Å². The molecule has 5 nitrogen and oxygen atoms in total. The van der Waals surface area contributed by atoms with Crippen molar-refractivity contribution in [3.05, 3.63) is 61.0 Å². The molecule has 0 atom stereocenters. The summed E-state index contributed by atoms with van der Waals surface area (Å²) in [7, 11) is 0. The second-order valence-corrected chi connectivity index (χ2v) is 8.80. The van der Waals surface area contributed by atoms with Gasteiger partial charge >= 0.3 is 0 Å². The fourth-order valence-corrected chi connectivity index (χ4v) is 4.16. The molecule has 1 aliphatic heterocycles. The molecule has 1 saturated heterocycles. The monoisotopic (exact) mass is 553 g/mol. The first-order valence-electron chi connectivity index (χ1n) is 8.95. The third-order valence-electron chi connectivity index (χ3n) is 4.05. The molecule has 0 bridgehead atoms. The molecule has 0 N–H and O–H groups in total. The Kier molecular flexibility index (Phi) is 7.69. The minimum absolute atomic E-state index is 0.0573. The van der Waals surface area contributed by atoms with Crippen LogP contribution in [-0.2, 0) is 11.4 Å². The number of terminal acetylenes is 1. The van der Waals surface area contributed by atoms with Gasteiger partial charge in [-0.1, -0.05) is 29.7 Å². The highest BCUT2D eigenvalue weighted by molar-refractivity contribution is 14.1. The Bertz CT molecular complexity index is 1050. The van der Waals surface area contributed by atoms with Crippen molar-refractivity contribution in [1.82, 2.24) is 4.90 Å². The molecule has 0 spiro atoms. The van der Waals surface area contributed by atoms with E-state index in [2.05, 4.69) is 28.5 Å². The van der Waals surface area contributed by atoms with Gasteiger partial charge in [-0.05, 0) is 82.7 Å². The largest absolute Gasteiger partial charge is 0.490 e. The summed E-state index contributed by atoms with van der Waals surface area (Å²) in [6.45, 7) is 2.55. The zero-order valence-electron chi connectivity index (χ0n) is 16.0. The van der Waals surface area contributed by atoms with Crippen LogP contribution < -0.4 is 9.47 Å². The molecule has 0 aromatic heterocycles. The summed E-state index contributed by atoms with van der Waals surface area (Å²) in [5.41, 5.74) is 1.62. The van der Waals surface area contributed by atoms with E-state index in [0.717, 1.165) is 25.8 Å². The lowest BCUT2D eigenvalue weighted by Gasteiger charge is -2.15. The van der Waals surface area contributed by atoms with E-state index in [4.69, 9.17) is 27.5 Å². The second-order valence-electron chi connectivity index (χ2n) is 6.15. The van der Waals surface area contributed by atoms with E-state index in [9.17, 15) is 9.59 Å². The number of hydrogen-bond donors (Lipinski definition) is 0. The maximum Gasteiger partial charge on any atom is 0.294 e. The Morgan fingerprint density at radius 1 is 1.23 bits per heavy atom. The van der Waals surface area contributed by atoms with Gasteiger partial charge in [0.15, 0.2) is 11.5 Å². The predicted octanol–water partition coefficient (Wildman–Crippen LogP) is 5.59. The summed E-state index contributed by atoms with van der Waals surface area (Å²) < 4.78 is 12.8. The molecule has 0 saturated carbocycles. The van der Waals surface area contributed by atoms with Gasteiger partial charge in [-0.25, -0.2) is 0 Å². The molecular weight excluding hydrogens is 537 g/mol. The summed E-state index contributed by atoms with van der Waals surface area (Å²) in [5, 5.41) is -0.0432. The summed E-state index contributed by atoms with van der Waals surface area (Å²) >= 11 is 9.54. The minimum Gasteiger partial charge on any atom is -0.490 e. The molecule has 1 heterocycles. The van der Waals surface area contributed by atoms with E-state index in [1.807, 2.05) is 31.2 Å². The summed E-state index contributed by atoms with van der Waals surface area (Å²) in [5.74, 6) is 2.78. The van der Waals surface area contributed by atoms with Crippen LogP contribution in [0.1, 0.15) is 18.1 Å². The number of thioether (sulfide) groups is 1. The van der Waals surface area contributed by atoms with Crippen LogP contribution in [0.4, 0.5) is 4.79 Å². The molecule has 0 unspecified atom stereocenters. The third-order valence-corrected chi connectivity index (χ3v) is 5.96. The van der Waals surface area contributed by atoms with E-state index in [1.165, 1.54) is 0 Å².